The number of hydrogen-bond acceptors (Lipinski definition) is 7. The number of nitrogens with zero attached hydrogens (tertiary/aromatic N) is 2. The van der Waals surface area contributed by atoms with Gasteiger partial charge in [0, 0.05) is 37.1 Å². The van der Waals surface area contributed by atoms with Gasteiger partial charge in [-0.1, -0.05) is 13.0 Å². The lowest BCUT2D eigenvalue weighted by molar-refractivity contribution is 0.0695. The Kier molecular flexibility index (Phi) is 5.89. The molecule has 1 aliphatic rings. The summed E-state index contributed by atoms with van der Waals surface area (Å²) in [4.78, 5) is 29.1. The molecule has 0 amide bonds. The van der Waals surface area contributed by atoms with Crippen molar-refractivity contribution in [2.24, 2.45) is 0 Å². The number of carboxylic acid groups (broad SMARTS) is 1. The summed E-state index contributed by atoms with van der Waals surface area (Å²) in [5.74, 6) is 0.0223. The second-order valence-electron chi connectivity index (χ2n) is 7.76. The number of hydrogen-bond donors (Lipinski definition) is 4. The zero-order valence-electron chi connectivity index (χ0n) is 18.1. The van der Waals surface area contributed by atoms with E-state index in [9.17, 15) is 14.7 Å². The van der Waals surface area contributed by atoms with Crippen molar-refractivity contribution in [3.05, 3.63) is 51.9 Å². The van der Waals surface area contributed by atoms with Crippen LogP contribution in [0.5, 0.6) is 5.75 Å². The molecule has 1 fully saturated rings. The summed E-state index contributed by atoms with van der Waals surface area (Å²) in [5, 5.41) is 16.4. The molecule has 0 atom stereocenters. The van der Waals surface area contributed by atoms with Gasteiger partial charge >= 0.3 is 5.97 Å². The highest BCUT2D eigenvalue weighted by Crippen LogP contribution is 2.45. The Morgan fingerprint density at radius 1 is 1.31 bits per heavy atom. The number of nitrogens with two attached hydrogens (primary N) is 1. The number of aromatic nitrogens is 2. The fourth-order valence-electron chi connectivity index (χ4n) is 4.05. The van der Waals surface area contributed by atoms with Gasteiger partial charge in [0.15, 0.2) is 5.75 Å². The van der Waals surface area contributed by atoms with Crippen LogP contribution in [0.2, 0.25) is 0 Å². The normalized spacial score (nSPS) is 13.2. The zero-order chi connectivity index (χ0) is 22.8. The van der Waals surface area contributed by atoms with Crippen molar-refractivity contribution in [1.29, 1.82) is 0 Å². The first-order chi connectivity index (χ1) is 15.5. The van der Waals surface area contributed by atoms with Crippen molar-refractivity contribution in [3.8, 4) is 5.75 Å². The van der Waals surface area contributed by atoms with Crippen LogP contribution in [0.3, 0.4) is 0 Å². The summed E-state index contributed by atoms with van der Waals surface area (Å²) in [6.07, 6.45) is 5.51. The minimum absolute atomic E-state index is 0.121. The third-order valence-corrected chi connectivity index (χ3v) is 5.70. The second-order valence-corrected chi connectivity index (χ2v) is 7.76. The molecule has 4 rings (SSSR count). The molecule has 2 aromatic heterocycles. The van der Waals surface area contributed by atoms with Crippen LogP contribution >= 0.6 is 0 Å². The second kappa shape index (κ2) is 8.78. The number of methoxy groups -OCH3 is 1. The molecular formula is C23H27N5O4. The largest absolute Gasteiger partial charge is 0.492 e. The van der Waals surface area contributed by atoms with Gasteiger partial charge in [-0.3, -0.25) is 4.79 Å². The van der Waals surface area contributed by atoms with E-state index in [1.807, 2.05) is 29.7 Å². The number of fused-ring (bicyclic) bond motifs is 1. The molecule has 0 bridgehead atoms. The van der Waals surface area contributed by atoms with Gasteiger partial charge in [-0.15, -0.1) is 0 Å². The van der Waals surface area contributed by atoms with Crippen molar-refractivity contribution in [1.82, 2.24) is 9.55 Å². The molecule has 9 nitrogen and oxygen atoms in total. The summed E-state index contributed by atoms with van der Waals surface area (Å²) >= 11 is 0. The van der Waals surface area contributed by atoms with Gasteiger partial charge in [-0.2, -0.15) is 0 Å². The lowest BCUT2D eigenvalue weighted by atomic mass is 9.99. The Morgan fingerprint density at radius 2 is 2.06 bits per heavy atom. The van der Waals surface area contributed by atoms with E-state index in [1.165, 1.54) is 6.20 Å². The first-order valence-corrected chi connectivity index (χ1v) is 10.7. The number of nitrogens with one attached hydrogen (secondary N) is 2. The van der Waals surface area contributed by atoms with E-state index < -0.39 is 11.4 Å². The van der Waals surface area contributed by atoms with Crippen LogP contribution in [0.4, 0.5) is 17.2 Å². The van der Waals surface area contributed by atoms with Gasteiger partial charge in [-0.25, -0.2) is 9.78 Å². The SMILES string of the molecule is CCc1c(NCCNc2ccccn2)c(OC)c2c(c1N)c(=O)c(C(=O)O)cn2C1CC1. The highest BCUT2D eigenvalue weighted by atomic mass is 16.5. The van der Waals surface area contributed by atoms with Crippen LogP contribution in [0.25, 0.3) is 10.9 Å². The van der Waals surface area contributed by atoms with Crippen molar-refractivity contribution in [3.63, 3.8) is 0 Å². The number of carboxylic acids is 1. The molecule has 9 heteroatoms. The van der Waals surface area contributed by atoms with E-state index in [1.54, 1.807) is 13.3 Å². The Balaban J connectivity index is 1.80. The van der Waals surface area contributed by atoms with E-state index in [-0.39, 0.29) is 17.0 Å². The topological polar surface area (TPSA) is 132 Å². The Bertz CT molecular complexity index is 1220. The van der Waals surface area contributed by atoms with E-state index >= 15 is 0 Å². The van der Waals surface area contributed by atoms with Gasteiger partial charge in [0.25, 0.3) is 0 Å². The molecule has 0 radical (unpaired) electrons. The quantitative estimate of drug-likeness (QED) is 0.297. The van der Waals surface area contributed by atoms with Gasteiger partial charge in [0.1, 0.15) is 11.4 Å². The van der Waals surface area contributed by atoms with Gasteiger partial charge in [0.05, 0.1) is 29.4 Å². The Morgan fingerprint density at radius 3 is 2.66 bits per heavy atom. The molecule has 1 aromatic carbocycles. The van der Waals surface area contributed by atoms with Crippen molar-refractivity contribution >= 4 is 34.1 Å². The van der Waals surface area contributed by atoms with E-state index in [2.05, 4.69) is 15.6 Å². The molecule has 0 saturated heterocycles. The van der Waals surface area contributed by atoms with Crippen LogP contribution in [0, 0.1) is 0 Å². The maximum Gasteiger partial charge on any atom is 0.341 e. The number of pyridine rings is 2. The fraction of sp³-hybridized carbons (Fsp3) is 0.348. The van der Waals surface area contributed by atoms with Crippen LogP contribution < -0.4 is 26.5 Å². The number of anilines is 3. The number of benzene rings is 1. The lowest BCUT2D eigenvalue weighted by Gasteiger charge is -2.23. The molecule has 1 aliphatic carbocycles. The van der Waals surface area contributed by atoms with Crippen molar-refractivity contribution < 1.29 is 14.6 Å². The first-order valence-electron chi connectivity index (χ1n) is 10.7. The van der Waals surface area contributed by atoms with Crippen LogP contribution in [-0.4, -0.2) is 40.8 Å². The third kappa shape index (κ3) is 3.81. The zero-order valence-corrected chi connectivity index (χ0v) is 18.1. The molecule has 0 spiro atoms. The van der Waals surface area contributed by atoms with E-state index in [0.717, 1.165) is 29.9 Å². The number of nitrogen functional groups attached to an aromatic ring is 1. The maximum absolute atomic E-state index is 13.1. The average molecular weight is 438 g/mol. The standard InChI is InChI=1S/C23H27N5O4/c1-3-14-18(24)17-20(28(13-7-8-13)12-15(21(17)29)23(30)31)22(32-2)19(14)27-11-10-26-16-6-4-5-9-25-16/h4-6,9,12-13,27H,3,7-8,10-11,24H2,1-2H3,(H,25,26)(H,30,31). The minimum atomic E-state index is -1.26. The number of carbonyl (C=O) groups is 1. The molecule has 1 saturated carbocycles. The number of aromatic carboxylic acids is 1. The number of rotatable bonds is 9. The highest BCUT2D eigenvalue weighted by Gasteiger charge is 2.31. The maximum atomic E-state index is 13.1. The Hall–Kier alpha value is -3.75. The molecule has 3 aromatic rings. The average Bonchev–Trinajstić information content (AvgIpc) is 3.63. The monoisotopic (exact) mass is 437 g/mol. The summed E-state index contributed by atoms with van der Waals surface area (Å²) in [7, 11) is 1.55. The number of ether oxygens (including phenoxy) is 1. The smallest absolute Gasteiger partial charge is 0.341 e. The van der Waals surface area contributed by atoms with Gasteiger partial charge < -0.3 is 30.8 Å². The van der Waals surface area contributed by atoms with Crippen molar-refractivity contribution in [2.45, 2.75) is 32.2 Å². The molecule has 0 unspecified atom stereocenters. The molecule has 5 N–H and O–H groups in total. The fourth-order valence-corrected chi connectivity index (χ4v) is 4.05. The van der Waals surface area contributed by atoms with E-state index in [4.69, 9.17) is 10.5 Å². The molecule has 168 valence electrons. The predicted octanol–water partition coefficient (Wildman–Crippen LogP) is 3.11. The molecular weight excluding hydrogens is 410 g/mol. The van der Waals surface area contributed by atoms with Gasteiger partial charge in [-0.05, 0) is 31.4 Å². The highest BCUT2D eigenvalue weighted by molar-refractivity contribution is 6.04. The molecule has 32 heavy (non-hydrogen) atoms. The first kappa shape index (κ1) is 21.5. The summed E-state index contributed by atoms with van der Waals surface area (Å²) < 4.78 is 7.63. The lowest BCUT2D eigenvalue weighted by Crippen LogP contribution is -2.22. The summed E-state index contributed by atoms with van der Waals surface area (Å²) in [6.45, 7) is 3.11. The summed E-state index contributed by atoms with van der Waals surface area (Å²) in [5.41, 5.74) is 7.91. The van der Waals surface area contributed by atoms with Crippen molar-refractivity contribution in [2.75, 3.05) is 36.6 Å². The van der Waals surface area contributed by atoms with Crippen LogP contribution in [0.1, 0.15) is 41.7 Å². The minimum Gasteiger partial charge on any atom is -0.492 e. The van der Waals surface area contributed by atoms with E-state index in [0.29, 0.717) is 36.5 Å². The molecule has 0 aliphatic heterocycles. The van der Waals surface area contributed by atoms with Crippen LogP contribution in [-0.2, 0) is 6.42 Å². The summed E-state index contributed by atoms with van der Waals surface area (Å²) in [6, 6.07) is 5.78. The predicted molar refractivity (Wildman–Crippen MR) is 125 cm³/mol. The van der Waals surface area contributed by atoms with Gasteiger partial charge in [0.2, 0.25) is 5.43 Å². The van der Waals surface area contributed by atoms with Crippen LogP contribution in [0.15, 0.2) is 35.4 Å². The Labute approximate surface area is 185 Å². The molecule has 2 heterocycles. The third-order valence-electron chi connectivity index (χ3n) is 5.70.